The monoisotopic (exact) mass is 321 g/mol. The fraction of sp³-hybridized carbons (Fsp3) is 0.0769. The Morgan fingerprint density at radius 1 is 1.26 bits per heavy atom. The van der Waals surface area contributed by atoms with Crippen molar-refractivity contribution >= 4 is 33.0 Å². The fourth-order valence-electron chi connectivity index (χ4n) is 1.65. The number of anilines is 2. The van der Waals surface area contributed by atoms with Gasteiger partial charge in [-0.1, -0.05) is 18.2 Å². The van der Waals surface area contributed by atoms with Crippen LogP contribution >= 0.6 is 15.9 Å². The van der Waals surface area contributed by atoms with E-state index in [2.05, 4.69) is 21.2 Å². The molecular weight excluding hydrogens is 310 g/mol. The number of nitro groups is 1. The molecule has 19 heavy (non-hydrogen) atoms. The topological polar surface area (TPSA) is 81.2 Å². The van der Waals surface area contributed by atoms with Gasteiger partial charge in [0.25, 0.3) is 5.69 Å². The third kappa shape index (κ3) is 3.23. The van der Waals surface area contributed by atoms with Gasteiger partial charge in [-0.25, -0.2) is 0 Å². The van der Waals surface area contributed by atoms with Crippen molar-refractivity contribution in [2.75, 3.05) is 11.1 Å². The Morgan fingerprint density at radius 2 is 2.00 bits per heavy atom. The smallest absolute Gasteiger partial charge is 0.270 e. The van der Waals surface area contributed by atoms with Gasteiger partial charge in [-0.05, 0) is 33.6 Å². The van der Waals surface area contributed by atoms with Crippen molar-refractivity contribution < 1.29 is 4.92 Å². The molecule has 0 heterocycles. The lowest BCUT2D eigenvalue weighted by atomic mass is 10.2. The van der Waals surface area contributed by atoms with E-state index in [9.17, 15) is 10.1 Å². The maximum Gasteiger partial charge on any atom is 0.270 e. The second kappa shape index (κ2) is 5.71. The molecule has 2 aromatic rings. The number of non-ortho nitro benzene ring substituents is 1. The summed E-state index contributed by atoms with van der Waals surface area (Å²) in [5.41, 5.74) is 8.38. The Kier molecular flexibility index (Phi) is 4.01. The Labute approximate surface area is 118 Å². The molecule has 2 aromatic carbocycles. The zero-order valence-electron chi connectivity index (χ0n) is 9.97. The van der Waals surface area contributed by atoms with Crippen molar-refractivity contribution in [1.29, 1.82) is 0 Å². The number of nitrogens with two attached hydrogens (primary N) is 1. The number of hydrogen-bond donors (Lipinski definition) is 2. The average Bonchev–Trinajstić information content (AvgIpc) is 2.39. The molecule has 6 heteroatoms. The summed E-state index contributed by atoms with van der Waals surface area (Å²) < 4.78 is 0.649. The molecular formula is C13H12BrN3O2. The van der Waals surface area contributed by atoms with E-state index >= 15 is 0 Å². The van der Waals surface area contributed by atoms with Crippen molar-refractivity contribution in [3.05, 3.63) is 62.6 Å². The lowest BCUT2D eigenvalue weighted by molar-refractivity contribution is -0.384. The molecule has 98 valence electrons. The maximum absolute atomic E-state index is 10.6. The largest absolute Gasteiger partial charge is 0.398 e. The minimum Gasteiger partial charge on any atom is -0.398 e. The first-order valence-electron chi connectivity index (χ1n) is 5.59. The van der Waals surface area contributed by atoms with Crippen LogP contribution in [0.3, 0.4) is 0 Å². The van der Waals surface area contributed by atoms with Crippen molar-refractivity contribution in [2.24, 2.45) is 0 Å². The standard InChI is InChI=1S/C13H12BrN3O2/c14-11-7-10(17(18)19)5-6-13(11)16-8-9-3-1-2-4-12(9)15/h1-7,16H,8,15H2. The number of para-hydroxylation sites is 1. The first kappa shape index (κ1) is 13.4. The fourth-order valence-corrected chi connectivity index (χ4v) is 2.15. The minimum absolute atomic E-state index is 0.0525. The molecule has 0 unspecified atom stereocenters. The highest BCUT2D eigenvalue weighted by Gasteiger charge is 2.09. The van der Waals surface area contributed by atoms with Crippen LogP contribution in [0.2, 0.25) is 0 Å². The van der Waals surface area contributed by atoms with E-state index in [0.29, 0.717) is 16.7 Å². The molecule has 0 radical (unpaired) electrons. The molecule has 5 nitrogen and oxygen atoms in total. The lowest BCUT2D eigenvalue weighted by Crippen LogP contribution is -2.03. The van der Waals surface area contributed by atoms with E-state index in [1.54, 1.807) is 6.07 Å². The van der Waals surface area contributed by atoms with Crippen molar-refractivity contribution in [3.8, 4) is 0 Å². The molecule has 0 atom stereocenters. The van der Waals surface area contributed by atoms with Crippen LogP contribution in [0.15, 0.2) is 46.9 Å². The van der Waals surface area contributed by atoms with Crippen LogP contribution in [-0.4, -0.2) is 4.92 Å². The molecule has 0 fully saturated rings. The summed E-state index contributed by atoms with van der Waals surface area (Å²) in [6.45, 7) is 0.559. The number of nitrogens with one attached hydrogen (secondary N) is 1. The summed E-state index contributed by atoms with van der Waals surface area (Å²) in [6, 6.07) is 12.2. The zero-order valence-corrected chi connectivity index (χ0v) is 11.6. The van der Waals surface area contributed by atoms with Crippen LogP contribution in [0.25, 0.3) is 0 Å². The van der Waals surface area contributed by atoms with Gasteiger partial charge in [-0.2, -0.15) is 0 Å². The van der Waals surface area contributed by atoms with E-state index in [-0.39, 0.29) is 5.69 Å². The average molecular weight is 322 g/mol. The van der Waals surface area contributed by atoms with Gasteiger partial charge in [-0.3, -0.25) is 10.1 Å². The lowest BCUT2D eigenvalue weighted by Gasteiger charge is -2.10. The van der Waals surface area contributed by atoms with E-state index in [4.69, 9.17) is 5.73 Å². The van der Waals surface area contributed by atoms with Gasteiger partial charge in [0.1, 0.15) is 0 Å². The van der Waals surface area contributed by atoms with E-state index in [0.717, 1.165) is 11.3 Å². The number of benzene rings is 2. The zero-order chi connectivity index (χ0) is 13.8. The molecule has 2 rings (SSSR count). The van der Waals surface area contributed by atoms with Crippen molar-refractivity contribution in [1.82, 2.24) is 0 Å². The molecule has 0 aliphatic carbocycles. The molecule has 0 saturated heterocycles. The Balaban J connectivity index is 2.12. The molecule has 0 spiro atoms. The number of halogens is 1. The molecule has 0 bridgehead atoms. The minimum atomic E-state index is -0.427. The van der Waals surface area contributed by atoms with Crippen LogP contribution in [0.1, 0.15) is 5.56 Å². The molecule has 0 aliphatic rings. The van der Waals surface area contributed by atoms with Gasteiger partial charge in [0.2, 0.25) is 0 Å². The number of nitro benzene ring substituents is 1. The second-order valence-corrected chi connectivity index (χ2v) is 4.83. The Hall–Kier alpha value is -2.08. The normalized spacial score (nSPS) is 10.2. The molecule has 0 aliphatic heterocycles. The highest BCUT2D eigenvalue weighted by atomic mass is 79.9. The van der Waals surface area contributed by atoms with Gasteiger partial charge >= 0.3 is 0 Å². The second-order valence-electron chi connectivity index (χ2n) is 3.97. The summed E-state index contributed by atoms with van der Waals surface area (Å²) in [5, 5.41) is 13.8. The van der Waals surface area contributed by atoms with E-state index in [1.165, 1.54) is 12.1 Å². The Morgan fingerprint density at radius 3 is 2.63 bits per heavy atom. The van der Waals surface area contributed by atoms with Gasteiger partial charge in [0.15, 0.2) is 0 Å². The quantitative estimate of drug-likeness (QED) is 0.512. The summed E-state index contributed by atoms with van der Waals surface area (Å²) in [5.74, 6) is 0. The van der Waals surface area contributed by atoms with E-state index < -0.39 is 4.92 Å². The summed E-state index contributed by atoms with van der Waals surface area (Å²) >= 11 is 3.31. The summed E-state index contributed by atoms with van der Waals surface area (Å²) in [7, 11) is 0. The van der Waals surface area contributed by atoms with Crippen LogP contribution in [0, 0.1) is 10.1 Å². The van der Waals surface area contributed by atoms with Gasteiger partial charge in [0.05, 0.1) is 4.92 Å². The third-order valence-electron chi connectivity index (χ3n) is 2.69. The van der Waals surface area contributed by atoms with Gasteiger partial charge in [0, 0.05) is 34.5 Å². The molecule has 0 saturated carbocycles. The van der Waals surface area contributed by atoms with Gasteiger partial charge in [-0.15, -0.1) is 0 Å². The number of nitrogens with zero attached hydrogens (tertiary/aromatic N) is 1. The first-order valence-corrected chi connectivity index (χ1v) is 6.38. The van der Waals surface area contributed by atoms with Crippen molar-refractivity contribution in [2.45, 2.75) is 6.54 Å². The third-order valence-corrected chi connectivity index (χ3v) is 3.34. The molecule has 0 amide bonds. The van der Waals surface area contributed by atoms with Crippen molar-refractivity contribution in [3.63, 3.8) is 0 Å². The number of rotatable bonds is 4. The highest BCUT2D eigenvalue weighted by molar-refractivity contribution is 9.10. The number of nitrogen functional groups attached to an aromatic ring is 1. The predicted molar refractivity (Wildman–Crippen MR) is 79.0 cm³/mol. The van der Waals surface area contributed by atoms with E-state index in [1.807, 2.05) is 24.3 Å². The summed E-state index contributed by atoms with van der Waals surface area (Å²) in [4.78, 5) is 10.2. The first-order chi connectivity index (χ1) is 9.08. The van der Waals surface area contributed by atoms with Crippen LogP contribution < -0.4 is 11.1 Å². The number of hydrogen-bond acceptors (Lipinski definition) is 4. The maximum atomic E-state index is 10.6. The predicted octanol–water partition coefficient (Wildman–Crippen LogP) is 3.55. The summed E-state index contributed by atoms with van der Waals surface area (Å²) in [6.07, 6.45) is 0. The highest BCUT2D eigenvalue weighted by Crippen LogP contribution is 2.27. The van der Waals surface area contributed by atoms with Gasteiger partial charge < -0.3 is 11.1 Å². The van der Waals surface area contributed by atoms with Crippen LogP contribution in [0.5, 0.6) is 0 Å². The van der Waals surface area contributed by atoms with Crippen LogP contribution in [0.4, 0.5) is 17.1 Å². The van der Waals surface area contributed by atoms with Crippen LogP contribution in [-0.2, 0) is 6.54 Å². The molecule has 3 N–H and O–H groups in total. The molecule has 0 aromatic heterocycles. The SMILES string of the molecule is Nc1ccccc1CNc1ccc([N+](=O)[O-])cc1Br. The Bertz CT molecular complexity index is 617.